The van der Waals surface area contributed by atoms with Gasteiger partial charge < -0.3 is 14.6 Å². The van der Waals surface area contributed by atoms with E-state index in [-0.39, 0.29) is 6.23 Å². The number of hydrogen-bond donors (Lipinski definition) is 1. The highest BCUT2D eigenvalue weighted by Gasteiger charge is 2.17. The molecule has 2 aliphatic rings. The third kappa shape index (κ3) is 3.74. The molecule has 0 aliphatic carbocycles. The first kappa shape index (κ1) is 18.0. The molecule has 5 rings (SSSR count). The molecule has 1 aromatic carbocycles. The van der Waals surface area contributed by atoms with Crippen molar-refractivity contribution in [1.29, 1.82) is 0 Å². The highest BCUT2D eigenvalue weighted by molar-refractivity contribution is 5.85. The van der Waals surface area contributed by atoms with E-state index < -0.39 is 0 Å². The van der Waals surface area contributed by atoms with Crippen LogP contribution in [0, 0.1) is 5.92 Å². The molecule has 28 heavy (non-hydrogen) atoms. The lowest BCUT2D eigenvalue weighted by Crippen LogP contribution is -2.18. The summed E-state index contributed by atoms with van der Waals surface area (Å²) in [5.41, 5.74) is 3.73. The third-order valence-corrected chi connectivity index (χ3v) is 6.31. The lowest BCUT2D eigenvalue weighted by atomic mass is 10.0. The van der Waals surface area contributed by atoms with E-state index in [2.05, 4.69) is 51.6 Å². The Hall–Kier alpha value is -2.11. The second-order valence-corrected chi connectivity index (χ2v) is 8.32. The molecule has 2 aromatic heterocycles. The van der Waals surface area contributed by atoms with Crippen LogP contribution in [0.2, 0.25) is 0 Å². The molecule has 3 aromatic rings. The standard InChI is InChI=1S/C23H30N4O/c1-2-13-28-23(5-1)27-17-21(15-25-27)19-6-7-22-20(14-19)9-12-26(22)16-18-4-3-10-24-11-8-18/h6-7,9,12,14-15,17-18,23-24H,1-5,8,10-11,13,16H2. The minimum absolute atomic E-state index is 0.0985. The average molecular weight is 379 g/mol. The van der Waals surface area contributed by atoms with Gasteiger partial charge in [0.15, 0.2) is 0 Å². The summed E-state index contributed by atoms with van der Waals surface area (Å²) in [7, 11) is 0. The maximum Gasteiger partial charge on any atom is 0.150 e. The molecule has 0 bridgehead atoms. The number of benzene rings is 1. The predicted molar refractivity (Wildman–Crippen MR) is 112 cm³/mol. The van der Waals surface area contributed by atoms with E-state index in [1.54, 1.807) is 0 Å². The molecule has 0 spiro atoms. The Balaban J connectivity index is 1.35. The molecule has 5 heteroatoms. The highest BCUT2D eigenvalue weighted by Crippen LogP contribution is 2.28. The molecule has 2 unspecified atom stereocenters. The number of hydrogen-bond acceptors (Lipinski definition) is 3. The fraction of sp³-hybridized carbons (Fsp3) is 0.522. The van der Waals surface area contributed by atoms with Gasteiger partial charge in [-0.05, 0) is 81.3 Å². The van der Waals surface area contributed by atoms with E-state index in [4.69, 9.17) is 4.74 Å². The van der Waals surface area contributed by atoms with Crippen molar-refractivity contribution in [2.24, 2.45) is 5.92 Å². The summed E-state index contributed by atoms with van der Waals surface area (Å²) in [6.45, 7) is 4.30. The Kier molecular flexibility index (Phi) is 5.19. The van der Waals surface area contributed by atoms with Crippen LogP contribution in [0.15, 0.2) is 42.9 Å². The van der Waals surface area contributed by atoms with Crippen LogP contribution in [0.3, 0.4) is 0 Å². The third-order valence-electron chi connectivity index (χ3n) is 6.31. The zero-order chi connectivity index (χ0) is 18.8. The molecular formula is C23H30N4O. The van der Waals surface area contributed by atoms with E-state index >= 15 is 0 Å². The zero-order valence-corrected chi connectivity index (χ0v) is 16.5. The summed E-state index contributed by atoms with van der Waals surface area (Å²) in [5.74, 6) is 0.777. The second-order valence-electron chi connectivity index (χ2n) is 8.32. The lowest BCUT2D eigenvalue weighted by molar-refractivity contribution is -0.0394. The second kappa shape index (κ2) is 8.10. The molecule has 0 saturated carbocycles. The number of nitrogens with zero attached hydrogens (tertiary/aromatic N) is 3. The van der Waals surface area contributed by atoms with Crippen LogP contribution in [0.1, 0.15) is 44.8 Å². The normalized spacial score (nSPS) is 23.7. The van der Waals surface area contributed by atoms with Gasteiger partial charge >= 0.3 is 0 Å². The summed E-state index contributed by atoms with van der Waals surface area (Å²) >= 11 is 0. The Bertz CT molecular complexity index is 914. The Morgan fingerprint density at radius 3 is 2.96 bits per heavy atom. The average Bonchev–Trinajstić information content (AvgIpc) is 3.30. The first-order valence-electron chi connectivity index (χ1n) is 10.8. The van der Waals surface area contributed by atoms with Crippen molar-refractivity contribution in [3.8, 4) is 11.1 Å². The zero-order valence-electron chi connectivity index (χ0n) is 16.5. The maximum atomic E-state index is 5.86. The first-order chi connectivity index (χ1) is 13.9. The van der Waals surface area contributed by atoms with Gasteiger partial charge in [0.2, 0.25) is 0 Å². The first-order valence-corrected chi connectivity index (χ1v) is 10.8. The molecule has 4 heterocycles. The van der Waals surface area contributed by atoms with E-state index in [0.717, 1.165) is 38.5 Å². The molecule has 0 amide bonds. The quantitative estimate of drug-likeness (QED) is 0.722. The Labute approximate surface area is 166 Å². The van der Waals surface area contributed by atoms with Crippen molar-refractivity contribution < 1.29 is 4.74 Å². The summed E-state index contributed by atoms with van der Waals surface area (Å²) in [6.07, 6.45) is 13.8. The van der Waals surface area contributed by atoms with Crippen molar-refractivity contribution in [3.05, 3.63) is 42.9 Å². The lowest BCUT2D eigenvalue weighted by Gasteiger charge is -2.22. The van der Waals surface area contributed by atoms with Crippen molar-refractivity contribution >= 4 is 10.9 Å². The fourth-order valence-corrected chi connectivity index (χ4v) is 4.67. The van der Waals surface area contributed by atoms with Crippen LogP contribution in [-0.4, -0.2) is 34.0 Å². The van der Waals surface area contributed by atoms with E-state index in [1.807, 2.05) is 10.9 Å². The van der Waals surface area contributed by atoms with E-state index in [9.17, 15) is 0 Å². The minimum Gasteiger partial charge on any atom is -0.357 e. The van der Waals surface area contributed by atoms with Crippen LogP contribution in [-0.2, 0) is 11.3 Å². The molecule has 2 atom stereocenters. The van der Waals surface area contributed by atoms with Crippen molar-refractivity contribution in [2.75, 3.05) is 19.7 Å². The van der Waals surface area contributed by atoms with Gasteiger partial charge in [0.05, 0.1) is 6.20 Å². The number of aromatic nitrogens is 3. The van der Waals surface area contributed by atoms with Gasteiger partial charge in [-0.25, -0.2) is 4.68 Å². The predicted octanol–water partition coefficient (Wildman–Crippen LogP) is 4.59. The van der Waals surface area contributed by atoms with Gasteiger partial charge in [0.1, 0.15) is 6.23 Å². The summed E-state index contributed by atoms with van der Waals surface area (Å²) in [6, 6.07) is 9.05. The van der Waals surface area contributed by atoms with Crippen LogP contribution < -0.4 is 5.32 Å². The number of rotatable bonds is 4. The van der Waals surface area contributed by atoms with Crippen molar-refractivity contribution in [3.63, 3.8) is 0 Å². The van der Waals surface area contributed by atoms with Crippen LogP contribution in [0.4, 0.5) is 0 Å². The highest BCUT2D eigenvalue weighted by atomic mass is 16.5. The monoisotopic (exact) mass is 378 g/mol. The minimum atomic E-state index is 0.0985. The smallest absolute Gasteiger partial charge is 0.150 e. The largest absolute Gasteiger partial charge is 0.357 e. The Morgan fingerprint density at radius 2 is 2.04 bits per heavy atom. The van der Waals surface area contributed by atoms with E-state index in [0.29, 0.717) is 0 Å². The van der Waals surface area contributed by atoms with Gasteiger partial charge in [0, 0.05) is 42.0 Å². The van der Waals surface area contributed by atoms with E-state index in [1.165, 1.54) is 54.3 Å². The summed E-state index contributed by atoms with van der Waals surface area (Å²) in [4.78, 5) is 0. The fourth-order valence-electron chi connectivity index (χ4n) is 4.67. The topological polar surface area (TPSA) is 44.0 Å². The summed E-state index contributed by atoms with van der Waals surface area (Å²) < 4.78 is 10.3. The SMILES string of the molecule is c1cc2c(ccn2CC2CCCNCC2)cc1-c1cnn(C2CCCCO2)c1. The molecule has 148 valence electrons. The van der Waals surface area contributed by atoms with Crippen LogP contribution in [0.5, 0.6) is 0 Å². The van der Waals surface area contributed by atoms with Crippen molar-refractivity contribution in [1.82, 2.24) is 19.7 Å². The molecule has 2 saturated heterocycles. The maximum absolute atomic E-state index is 5.86. The number of fused-ring (bicyclic) bond motifs is 1. The molecule has 5 nitrogen and oxygen atoms in total. The molecule has 2 fully saturated rings. The Morgan fingerprint density at radius 1 is 1.04 bits per heavy atom. The van der Waals surface area contributed by atoms with Crippen molar-refractivity contribution in [2.45, 2.75) is 51.3 Å². The molecular weight excluding hydrogens is 348 g/mol. The molecule has 0 radical (unpaired) electrons. The van der Waals surface area contributed by atoms with Gasteiger partial charge in [-0.2, -0.15) is 5.10 Å². The number of ether oxygens (including phenoxy) is 1. The van der Waals surface area contributed by atoms with Crippen LogP contribution >= 0.6 is 0 Å². The van der Waals surface area contributed by atoms with Gasteiger partial charge in [0.25, 0.3) is 0 Å². The molecule has 1 N–H and O–H groups in total. The van der Waals surface area contributed by atoms with Gasteiger partial charge in [-0.15, -0.1) is 0 Å². The van der Waals surface area contributed by atoms with Gasteiger partial charge in [-0.3, -0.25) is 0 Å². The van der Waals surface area contributed by atoms with Gasteiger partial charge in [-0.1, -0.05) is 6.07 Å². The summed E-state index contributed by atoms with van der Waals surface area (Å²) in [5, 5.41) is 9.40. The molecule has 2 aliphatic heterocycles. The number of nitrogens with one attached hydrogen (secondary N) is 1. The van der Waals surface area contributed by atoms with Crippen LogP contribution in [0.25, 0.3) is 22.0 Å².